The lowest BCUT2D eigenvalue weighted by Gasteiger charge is -2.25. The number of rotatable bonds is 1. The van der Waals surface area contributed by atoms with E-state index in [4.69, 9.17) is 23.7 Å². The molecule has 0 aliphatic carbocycles. The van der Waals surface area contributed by atoms with Gasteiger partial charge in [-0.25, -0.2) is 0 Å². The van der Waals surface area contributed by atoms with Crippen LogP contribution in [-0.4, -0.2) is 42.6 Å². The second kappa shape index (κ2) is 3.70. The first kappa shape index (κ1) is 12.4. The zero-order chi connectivity index (χ0) is 13.1. The summed E-state index contributed by atoms with van der Waals surface area (Å²) in [5.74, 6) is -0.554. The standard InChI is InChI=1S/C13H20O5/c1-7-9-11(18-13(4,5)17-9)10(15-7)8-6-14-12(2,3)16-8/h8-11H,1,6H2,2-5H3/t8?,9-,10-,11-/m1/s1. The summed E-state index contributed by atoms with van der Waals surface area (Å²) in [6, 6.07) is 0. The summed E-state index contributed by atoms with van der Waals surface area (Å²) in [5.41, 5.74) is 0. The van der Waals surface area contributed by atoms with Crippen molar-refractivity contribution in [1.29, 1.82) is 0 Å². The summed E-state index contributed by atoms with van der Waals surface area (Å²) in [7, 11) is 0. The zero-order valence-electron chi connectivity index (χ0n) is 11.3. The first-order valence-corrected chi connectivity index (χ1v) is 6.30. The fourth-order valence-corrected chi connectivity index (χ4v) is 2.75. The second-order valence-electron chi connectivity index (χ2n) is 5.94. The van der Waals surface area contributed by atoms with Crippen LogP contribution in [0.1, 0.15) is 27.7 Å². The Labute approximate surface area is 107 Å². The quantitative estimate of drug-likeness (QED) is 0.712. The van der Waals surface area contributed by atoms with Crippen molar-refractivity contribution >= 4 is 0 Å². The third-order valence-corrected chi connectivity index (χ3v) is 3.45. The molecule has 0 aromatic carbocycles. The van der Waals surface area contributed by atoms with E-state index < -0.39 is 11.6 Å². The molecule has 3 saturated heterocycles. The molecule has 0 N–H and O–H groups in total. The molecule has 5 nitrogen and oxygen atoms in total. The highest BCUT2D eigenvalue weighted by Gasteiger charge is 2.57. The monoisotopic (exact) mass is 256 g/mol. The van der Waals surface area contributed by atoms with E-state index in [0.29, 0.717) is 12.4 Å². The van der Waals surface area contributed by atoms with Crippen LogP contribution in [0.5, 0.6) is 0 Å². The highest BCUT2D eigenvalue weighted by molar-refractivity contribution is 5.12. The summed E-state index contributed by atoms with van der Waals surface area (Å²) in [6.45, 7) is 12.0. The van der Waals surface area contributed by atoms with Crippen molar-refractivity contribution in [3.63, 3.8) is 0 Å². The molecule has 0 aromatic rings. The van der Waals surface area contributed by atoms with E-state index in [-0.39, 0.29) is 24.4 Å². The van der Waals surface area contributed by atoms with Gasteiger partial charge in [0.1, 0.15) is 24.1 Å². The summed E-state index contributed by atoms with van der Waals surface area (Å²) in [5, 5.41) is 0. The first-order valence-electron chi connectivity index (χ1n) is 6.30. The molecule has 3 aliphatic rings. The fourth-order valence-electron chi connectivity index (χ4n) is 2.75. The van der Waals surface area contributed by atoms with Crippen LogP contribution in [0.4, 0.5) is 0 Å². The van der Waals surface area contributed by atoms with Crippen molar-refractivity contribution < 1.29 is 23.7 Å². The summed E-state index contributed by atoms with van der Waals surface area (Å²) >= 11 is 0. The molecule has 4 atom stereocenters. The molecular formula is C13H20O5. The van der Waals surface area contributed by atoms with Gasteiger partial charge in [-0.1, -0.05) is 6.58 Å². The molecule has 3 heterocycles. The second-order valence-corrected chi connectivity index (χ2v) is 5.94. The van der Waals surface area contributed by atoms with Gasteiger partial charge < -0.3 is 23.7 Å². The highest BCUT2D eigenvalue weighted by atomic mass is 16.8. The molecule has 18 heavy (non-hydrogen) atoms. The minimum Gasteiger partial charge on any atom is -0.487 e. The van der Waals surface area contributed by atoms with Crippen LogP contribution in [-0.2, 0) is 23.7 Å². The highest BCUT2D eigenvalue weighted by Crippen LogP contribution is 2.43. The predicted octanol–water partition coefficient (Wildman–Crippen LogP) is 1.57. The van der Waals surface area contributed by atoms with Gasteiger partial charge in [0.05, 0.1) is 6.61 Å². The maximum absolute atomic E-state index is 5.89. The number of hydrogen-bond acceptors (Lipinski definition) is 5. The lowest BCUT2D eigenvalue weighted by Crippen LogP contribution is -2.40. The van der Waals surface area contributed by atoms with Gasteiger partial charge in [0.25, 0.3) is 0 Å². The van der Waals surface area contributed by atoms with E-state index >= 15 is 0 Å². The molecule has 1 unspecified atom stereocenters. The van der Waals surface area contributed by atoms with Gasteiger partial charge in [-0.3, -0.25) is 0 Å². The lowest BCUT2D eigenvalue weighted by atomic mass is 10.1. The Morgan fingerprint density at radius 3 is 2.33 bits per heavy atom. The summed E-state index contributed by atoms with van der Waals surface area (Å²) in [6.07, 6.45) is -0.748. The smallest absolute Gasteiger partial charge is 0.164 e. The predicted molar refractivity (Wildman–Crippen MR) is 62.7 cm³/mol. The fraction of sp³-hybridized carbons (Fsp3) is 0.846. The van der Waals surface area contributed by atoms with Crippen molar-refractivity contribution in [3.8, 4) is 0 Å². The minimum atomic E-state index is -0.602. The zero-order valence-corrected chi connectivity index (χ0v) is 11.3. The first-order chi connectivity index (χ1) is 8.27. The van der Waals surface area contributed by atoms with E-state index in [1.807, 2.05) is 27.7 Å². The molecule has 0 aromatic heterocycles. The Hall–Kier alpha value is -0.620. The average Bonchev–Trinajstić information content (AvgIpc) is 2.81. The molecule has 0 saturated carbocycles. The molecule has 0 radical (unpaired) electrons. The van der Waals surface area contributed by atoms with Crippen LogP contribution < -0.4 is 0 Å². The van der Waals surface area contributed by atoms with Crippen LogP contribution in [0.25, 0.3) is 0 Å². The summed E-state index contributed by atoms with van der Waals surface area (Å²) in [4.78, 5) is 0. The molecule has 3 aliphatic heterocycles. The molecule has 0 spiro atoms. The molecular weight excluding hydrogens is 236 g/mol. The topological polar surface area (TPSA) is 46.2 Å². The SMILES string of the molecule is C=C1O[C@H](C2COC(C)(C)O2)[C@@H]2OC(C)(C)O[C@H]12. The van der Waals surface area contributed by atoms with Gasteiger partial charge in [0, 0.05) is 0 Å². The maximum Gasteiger partial charge on any atom is 0.164 e. The van der Waals surface area contributed by atoms with Gasteiger partial charge in [0.2, 0.25) is 0 Å². The van der Waals surface area contributed by atoms with Crippen molar-refractivity contribution in [1.82, 2.24) is 0 Å². The molecule has 0 amide bonds. The Bertz CT molecular complexity index is 376. The van der Waals surface area contributed by atoms with Gasteiger partial charge >= 0.3 is 0 Å². The van der Waals surface area contributed by atoms with Crippen LogP contribution >= 0.6 is 0 Å². The molecule has 3 fully saturated rings. The average molecular weight is 256 g/mol. The van der Waals surface area contributed by atoms with E-state index in [9.17, 15) is 0 Å². The van der Waals surface area contributed by atoms with Gasteiger partial charge in [-0.15, -0.1) is 0 Å². The van der Waals surface area contributed by atoms with Crippen molar-refractivity contribution in [3.05, 3.63) is 12.3 Å². The number of fused-ring (bicyclic) bond motifs is 1. The normalized spacial score (nSPS) is 45.0. The molecule has 3 rings (SSSR count). The van der Waals surface area contributed by atoms with Crippen molar-refractivity contribution in [2.45, 2.75) is 63.7 Å². The Morgan fingerprint density at radius 2 is 1.72 bits per heavy atom. The van der Waals surface area contributed by atoms with Crippen LogP contribution in [0.3, 0.4) is 0 Å². The van der Waals surface area contributed by atoms with Crippen LogP contribution in [0, 0.1) is 0 Å². The molecule has 5 heteroatoms. The minimum absolute atomic E-state index is 0.149. The van der Waals surface area contributed by atoms with Gasteiger partial charge in [-0.05, 0) is 27.7 Å². The van der Waals surface area contributed by atoms with Gasteiger partial charge in [0.15, 0.2) is 17.7 Å². The van der Waals surface area contributed by atoms with Crippen molar-refractivity contribution in [2.24, 2.45) is 0 Å². The van der Waals surface area contributed by atoms with E-state index in [1.54, 1.807) is 0 Å². The number of ether oxygens (including phenoxy) is 5. The summed E-state index contributed by atoms with van der Waals surface area (Å²) < 4.78 is 28.8. The number of hydrogen-bond donors (Lipinski definition) is 0. The Morgan fingerprint density at radius 1 is 1.00 bits per heavy atom. The van der Waals surface area contributed by atoms with E-state index in [0.717, 1.165) is 0 Å². The largest absolute Gasteiger partial charge is 0.487 e. The van der Waals surface area contributed by atoms with E-state index in [2.05, 4.69) is 6.58 Å². The maximum atomic E-state index is 5.89. The Kier molecular flexibility index (Phi) is 2.55. The third-order valence-electron chi connectivity index (χ3n) is 3.45. The van der Waals surface area contributed by atoms with Crippen LogP contribution in [0.2, 0.25) is 0 Å². The van der Waals surface area contributed by atoms with Gasteiger partial charge in [-0.2, -0.15) is 0 Å². The Balaban J connectivity index is 1.77. The van der Waals surface area contributed by atoms with E-state index in [1.165, 1.54) is 0 Å². The van der Waals surface area contributed by atoms with Crippen LogP contribution in [0.15, 0.2) is 12.3 Å². The molecule has 0 bridgehead atoms. The lowest BCUT2D eigenvalue weighted by molar-refractivity contribution is -0.187. The third kappa shape index (κ3) is 1.95. The van der Waals surface area contributed by atoms with Crippen molar-refractivity contribution in [2.75, 3.05) is 6.61 Å². The molecule has 102 valence electrons.